The van der Waals surface area contributed by atoms with Gasteiger partial charge in [0.2, 0.25) is 0 Å². The maximum absolute atomic E-state index is 14.2. The predicted molar refractivity (Wildman–Crippen MR) is 96.7 cm³/mol. The molecule has 25 heavy (non-hydrogen) atoms. The molecule has 4 nitrogen and oxygen atoms in total. The summed E-state index contributed by atoms with van der Waals surface area (Å²) in [7, 11) is 0. The number of carbonyl (C=O) groups excluding carboxylic acids is 1. The first-order valence-corrected chi connectivity index (χ1v) is 8.53. The minimum atomic E-state index is -0.461. The normalized spacial score (nSPS) is 13.1. The van der Waals surface area contributed by atoms with Crippen molar-refractivity contribution >= 4 is 6.03 Å². The third-order valence-corrected chi connectivity index (χ3v) is 4.10. The largest absolute Gasteiger partial charge is 0.396 e. The lowest BCUT2D eigenvalue weighted by Crippen LogP contribution is -2.40. The highest BCUT2D eigenvalue weighted by atomic mass is 19.1. The van der Waals surface area contributed by atoms with Crippen LogP contribution < -0.4 is 10.6 Å². The van der Waals surface area contributed by atoms with Crippen molar-refractivity contribution in [3.63, 3.8) is 0 Å². The Kier molecular flexibility index (Phi) is 7.41. The number of rotatable bonds is 8. The lowest BCUT2D eigenvalue weighted by molar-refractivity contribution is 0.230. The zero-order valence-electron chi connectivity index (χ0n) is 14.4. The molecule has 0 aromatic heterocycles. The molecule has 2 amide bonds. The number of halogens is 1. The predicted octanol–water partition coefficient (Wildman–Crippen LogP) is 3.43. The van der Waals surface area contributed by atoms with E-state index in [0.29, 0.717) is 24.9 Å². The van der Waals surface area contributed by atoms with Gasteiger partial charge in [0.05, 0.1) is 6.04 Å². The summed E-state index contributed by atoms with van der Waals surface area (Å²) in [5.41, 5.74) is 1.48. The second kappa shape index (κ2) is 9.79. The van der Waals surface area contributed by atoms with Crippen molar-refractivity contribution in [1.82, 2.24) is 10.6 Å². The molecule has 0 aliphatic carbocycles. The molecule has 0 saturated carbocycles. The van der Waals surface area contributed by atoms with Gasteiger partial charge in [-0.1, -0.05) is 55.5 Å². The van der Waals surface area contributed by atoms with Crippen LogP contribution >= 0.6 is 0 Å². The number of hydrogen-bond donors (Lipinski definition) is 3. The molecule has 0 aliphatic rings. The van der Waals surface area contributed by atoms with Crippen molar-refractivity contribution in [3.8, 4) is 0 Å². The first kappa shape index (κ1) is 18.9. The summed E-state index contributed by atoms with van der Waals surface area (Å²) < 4.78 is 14.2. The van der Waals surface area contributed by atoms with Crippen LogP contribution in [0.5, 0.6) is 0 Å². The van der Waals surface area contributed by atoms with Gasteiger partial charge in [-0.15, -0.1) is 0 Å². The molecule has 2 aromatic carbocycles. The zero-order chi connectivity index (χ0) is 18.1. The van der Waals surface area contributed by atoms with Crippen LogP contribution in [0.3, 0.4) is 0 Å². The molecule has 0 heterocycles. The summed E-state index contributed by atoms with van der Waals surface area (Å²) in [5, 5.41) is 14.6. The van der Waals surface area contributed by atoms with Crippen LogP contribution in [0.2, 0.25) is 0 Å². The number of hydrogen-bond acceptors (Lipinski definition) is 2. The summed E-state index contributed by atoms with van der Waals surface area (Å²) in [6, 6.07) is 15.4. The molecule has 2 unspecified atom stereocenters. The van der Waals surface area contributed by atoms with Gasteiger partial charge in [0, 0.05) is 18.7 Å². The van der Waals surface area contributed by atoms with Gasteiger partial charge in [-0.2, -0.15) is 0 Å². The maximum atomic E-state index is 14.2. The van der Waals surface area contributed by atoms with Crippen molar-refractivity contribution in [1.29, 1.82) is 0 Å². The molecule has 2 aromatic rings. The fraction of sp³-hybridized carbons (Fsp3) is 0.350. The van der Waals surface area contributed by atoms with Gasteiger partial charge in [-0.05, 0) is 30.4 Å². The molecular formula is C20H25FN2O2. The standard InChI is InChI=1S/C20H25FN2O2/c1-15(11-12-24)14-22-20(25)23-19(13-16-7-3-2-4-8-16)17-9-5-6-10-18(17)21/h2-10,15,19,24H,11-14H2,1H3,(H2,22,23,25). The van der Waals surface area contributed by atoms with Crippen LogP contribution in [0.15, 0.2) is 54.6 Å². The van der Waals surface area contributed by atoms with Gasteiger partial charge < -0.3 is 15.7 Å². The Bertz CT molecular complexity index is 664. The molecule has 0 spiro atoms. The Morgan fingerprint density at radius 2 is 1.80 bits per heavy atom. The van der Waals surface area contributed by atoms with E-state index in [2.05, 4.69) is 10.6 Å². The van der Waals surface area contributed by atoms with Gasteiger partial charge in [0.15, 0.2) is 0 Å². The van der Waals surface area contributed by atoms with E-state index in [9.17, 15) is 9.18 Å². The van der Waals surface area contributed by atoms with Crippen molar-refractivity contribution in [2.24, 2.45) is 5.92 Å². The molecule has 3 N–H and O–H groups in total. The van der Waals surface area contributed by atoms with E-state index in [4.69, 9.17) is 5.11 Å². The second-order valence-corrected chi connectivity index (χ2v) is 6.24. The molecule has 0 bridgehead atoms. The summed E-state index contributed by atoms with van der Waals surface area (Å²) in [6.07, 6.45) is 1.13. The molecular weight excluding hydrogens is 319 g/mol. The Balaban J connectivity index is 2.07. The minimum absolute atomic E-state index is 0.0936. The quantitative estimate of drug-likeness (QED) is 0.687. The fourth-order valence-corrected chi connectivity index (χ4v) is 2.64. The molecule has 5 heteroatoms. The lowest BCUT2D eigenvalue weighted by atomic mass is 9.98. The van der Waals surface area contributed by atoms with E-state index in [1.807, 2.05) is 37.3 Å². The van der Waals surface area contributed by atoms with Crippen molar-refractivity contribution in [3.05, 3.63) is 71.5 Å². The summed E-state index contributed by atoms with van der Waals surface area (Å²) in [4.78, 5) is 12.2. The highest BCUT2D eigenvalue weighted by Gasteiger charge is 2.18. The number of amides is 2. The van der Waals surface area contributed by atoms with Crippen LogP contribution in [0.4, 0.5) is 9.18 Å². The minimum Gasteiger partial charge on any atom is -0.396 e. The summed E-state index contributed by atoms with van der Waals surface area (Å²) in [5.74, 6) is -0.158. The third-order valence-electron chi connectivity index (χ3n) is 4.10. The van der Waals surface area contributed by atoms with Gasteiger partial charge >= 0.3 is 6.03 Å². The van der Waals surface area contributed by atoms with Gasteiger partial charge in [0.25, 0.3) is 0 Å². The van der Waals surface area contributed by atoms with Gasteiger partial charge in [-0.3, -0.25) is 0 Å². The first-order chi connectivity index (χ1) is 12.1. The Morgan fingerprint density at radius 3 is 2.48 bits per heavy atom. The maximum Gasteiger partial charge on any atom is 0.315 e. The lowest BCUT2D eigenvalue weighted by Gasteiger charge is -2.21. The van der Waals surface area contributed by atoms with E-state index < -0.39 is 6.04 Å². The van der Waals surface area contributed by atoms with E-state index in [0.717, 1.165) is 5.56 Å². The van der Waals surface area contributed by atoms with Crippen LogP contribution in [-0.2, 0) is 6.42 Å². The Morgan fingerprint density at radius 1 is 1.12 bits per heavy atom. The summed E-state index contributed by atoms with van der Waals surface area (Å²) >= 11 is 0. The van der Waals surface area contributed by atoms with E-state index in [-0.39, 0.29) is 24.4 Å². The molecule has 134 valence electrons. The zero-order valence-corrected chi connectivity index (χ0v) is 14.4. The van der Waals surface area contributed by atoms with Crippen LogP contribution in [-0.4, -0.2) is 24.3 Å². The number of urea groups is 1. The van der Waals surface area contributed by atoms with Crippen molar-refractivity contribution in [2.45, 2.75) is 25.8 Å². The molecule has 0 aliphatic heterocycles. The second-order valence-electron chi connectivity index (χ2n) is 6.24. The fourth-order valence-electron chi connectivity index (χ4n) is 2.64. The Hall–Kier alpha value is -2.40. The topological polar surface area (TPSA) is 61.4 Å². The molecule has 2 rings (SSSR count). The van der Waals surface area contributed by atoms with Crippen LogP contribution in [0.25, 0.3) is 0 Å². The van der Waals surface area contributed by atoms with Gasteiger partial charge in [-0.25, -0.2) is 9.18 Å². The smallest absolute Gasteiger partial charge is 0.315 e. The Labute approximate surface area is 148 Å². The van der Waals surface area contributed by atoms with Crippen LogP contribution in [0, 0.1) is 11.7 Å². The number of aliphatic hydroxyl groups excluding tert-OH is 1. The van der Waals surface area contributed by atoms with Crippen molar-refractivity contribution < 1.29 is 14.3 Å². The van der Waals surface area contributed by atoms with E-state index in [1.54, 1.807) is 18.2 Å². The molecule has 2 atom stereocenters. The monoisotopic (exact) mass is 344 g/mol. The number of nitrogens with one attached hydrogen (secondary N) is 2. The number of aliphatic hydroxyl groups is 1. The highest BCUT2D eigenvalue weighted by Crippen LogP contribution is 2.21. The molecule has 0 radical (unpaired) electrons. The van der Waals surface area contributed by atoms with E-state index in [1.165, 1.54) is 6.07 Å². The number of carbonyl (C=O) groups is 1. The average Bonchev–Trinajstić information content (AvgIpc) is 2.61. The van der Waals surface area contributed by atoms with Crippen molar-refractivity contribution in [2.75, 3.05) is 13.2 Å². The molecule has 0 saturated heterocycles. The highest BCUT2D eigenvalue weighted by molar-refractivity contribution is 5.74. The average molecular weight is 344 g/mol. The third kappa shape index (κ3) is 6.19. The first-order valence-electron chi connectivity index (χ1n) is 8.53. The summed E-state index contributed by atoms with van der Waals surface area (Å²) in [6.45, 7) is 2.51. The number of benzene rings is 2. The van der Waals surface area contributed by atoms with E-state index >= 15 is 0 Å². The van der Waals surface area contributed by atoms with Gasteiger partial charge in [0.1, 0.15) is 5.82 Å². The molecule has 0 fully saturated rings. The SMILES string of the molecule is CC(CCO)CNC(=O)NC(Cc1ccccc1)c1ccccc1F. The van der Waals surface area contributed by atoms with Crippen LogP contribution in [0.1, 0.15) is 30.5 Å².